The average molecular weight is 394 g/mol. The Morgan fingerprint density at radius 1 is 1.12 bits per heavy atom. The van der Waals surface area contributed by atoms with Crippen LogP contribution >= 0.6 is 15.9 Å². The number of halogens is 1. The number of morpholine rings is 1. The smallest absolute Gasteiger partial charge is 0.222 e. The lowest BCUT2D eigenvalue weighted by Gasteiger charge is -2.43. The minimum absolute atomic E-state index is 0.104. The van der Waals surface area contributed by atoms with Crippen LogP contribution in [0.3, 0.4) is 0 Å². The number of ether oxygens (including phenoxy) is 1. The summed E-state index contributed by atoms with van der Waals surface area (Å²) in [5.74, 6) is 0.284. The molecule has 5 heteroatoms. The van der Waals surface area contributed by atoms with Gasteiger partial charge >= 0.3 is 0 Å². The van der Waals surface area contributed by atoms with Gasteiger partial charge in [0.25, 0.3) is 0 Å². The molecule has 1 heterocycles. The van der Waals surface area contributed by atoms with Crippen molar-refractivity contribution in [3.63, 3.8) is 0 Å². The molecule has 3 rings (SSSR count). The normalized spacial score (nSPS) is 23.6. The highest BCUT2D eigenvalue weighted by Gasteiger charge is 2.36. The summed E-state index contributed by atoms with van der Waals surface area (Å²) >= 11 is 3.37. The van der Waals surface area contributed by atoms with Crippen molar-refractivity contribution in [2.45, 2.75) is 57.1 Å². The number of carbonyl (C=O) groups excluding carboxylic acids is 2. The standard InChI is InChI=1S/C19H24BrNO3/c20-15-10-8-14(9-11-15)17(22)5-3-7-19(23)21-12-13-24-18-6-2-1-4-16(18)21/h8-11,16,18H,1-7,12-13H2. The lowest BCUT2D eigenvalue weighted by Crippen LogP contribution is -2.54. The Morgan fingerprint density at radius 2 is 1.88 bits per heavy atom. The van der Waals surface area contributed by atoms with Crippen molar-refractivity contribution in [3.05, 3.63) is 34.3 Å². The second-order valence-corrected chi connectivity index (χ2v) is 7.55. The molecule has 0 N–H and O–H groups in total. The first kappa shape index (κ1) is 17.6. The van der Waals surface area contributed by atoms with E-state index in [2.05, 4.69) is 15.9 Å². The van der Waals surface area contributed by atoms with Gasteiger partial charge in [-0.1, -0.05) is 40.9 Å². The first-order valence-corrected chi connectivity index (χ1v) is 9.64. The number of Topliss-reactive ketones (excluding diaryl/α,β-unsaturated/α-hetero) is 1. The van der Waals surface area contributed by atoms with Crippen LogP contribution in [0.1, 0.15) is 55.3 Å². The van der Waals surface area contributed by atoms with E-state index in [1.165, 1.54) is 12.8 Å². The summed E-state index contributed by atoms with van der Waals surface area (Å²) in [7, 11) is 0. The molecule has 0 spiro atoms. The molecule has 0 bridgehead atoms. The molecule has 1 aromatic rings. The fourth-order valence-corrected chi connectivity index (χ4v) is 3.99. The molecule has 0 aromatic heterocycles. The number of benzene rings is 1. The third-order valence-corrected chi connectivity index (χ3v) is 5.54. The zero-order chi connectivity index (χ0) is 16.9. The molecule has 1 aliphatic heterocycles. The Kier molecular flexibility index (Phi) is 6.06. The molecule has 2 unspecified atom stereocenters. The average Bonchev–Trinajstić information content (AvgIpc) is 2.61. The van der Waals surface area contributed by atoms with Crippen molar-refractivity contribution in [2.24, 2.45) is 0 Å². The van der Waals surface area contributed by atoms with Crippen molar-refractivity contribution < 1.29 is 14.3 Å². The van der Waals surface area contributed by atoms with E-state index in [-0.39, 0.29) is 23.8 Å². The summed E-state index contributed by atoms with van der Waals surface area (Å²) in [4.78, 5) is 26.8. The van der Waals surface area contributed by atoms with Crippen LogP contribution in [0.15, 0.2) is 28.7 Å². The van der Waals surface area contributed by atoms with Gasteiger partial charge in [-0.05, 0) is 31.4 Å². The zero-order valence-corrected chi connectivity index (χ0v) is 15.5. The summed E-state index contributed by atoms with van der Waals surface area (Å²) in [5, 5.41) is 0. The van der Waals surface area contributed by atoms with Crippen molar-refractivity contribution in [3.8, 4) is 0 Å². The number of rotatable bonds is 5. The Labute approximate surface area is 151 Å². The van der Waals surface area contributed by atoms with Crippen LogP contribution in [-0.2, 0) is 9.53 Å². The van der Waals surface area contributed by atoms with Gasteiger partial charge in [0, 0.05) is 29.4 Å². The van der Waals surface area contributed by atoms with Gasteiger partial charge in [-0.25, -0.2) is 0 Å². The van der Waals surface area contributed by atoms with Crippen LogP contribution in [0.25, 0.3) is 0 Å². The third kappa shape index (κ3) is 4.25. The van der Waals surface area contributed by atoms with Crippen LogP contribution in [0, 0.1) is 0 Å². The van der Waals surface area contributed by atoms with Crippen molar-refractivity contribution >= 4 is 27.6 Å². The summed E-state index contributed by atoms with van der Waals surface area (Å²) < 4.78 is 6.78. The van der Waals surface area contributed by atoms with Gasteiger partial charge in [0.2, 0.25) is 5.91 Å². The number of nitrogens with zero attached hydrogens (tertiary/aromatic N) is 1. The van der Waals surface area contributed by atoms with E-state index in [9.17, 15) is 9.59 Å². The first-order chi connectivity index (χ1) is 11.6. The van der Waals surface area contributed by atoms with E-state index in [0.29, 0.717) is 38.0 Å². The Bertz CT molecular complexity index is 585. The van der Waals surface area contributed by atoms with Gasteiger partial charge in [0.1, 0.15) is 0 Å². The molecule has 130 valence electrons. The van der Waals surface area contributed by atoms with Gasteiger partial charge in [-0.3, -0.25) is 9.59 Å². The third-order valence-electron chi connectivity index (χ3n) is 5.01. The molecule has 2 atom stereocenters. The maximum Gasteiger partial charge on any atom is 0.222 e. The van der Waals surface area contributed by atoms with E-state index in [4.69, 9.17) is 4.74 Å². The van der Waals surface area contributed by atoms with Gasteiger partial charge < -0.3 is 9.64 Å². The van der Waals surface area contributed by atoms with Crippen LogP contribution in [0.2, 0.25) is 0 Å². The number of hydrogen-bond acceptors (Lipinski definition) is 3. The van der Waals surface area contributed by atoms with Crippen LogP contribution in [-0.4, -0.2) is 41.9 Å². The number of amides is 1. The van der Waals surface area contributed by atoms with Gasteiger partial charge in [-0.2, -0.15) is 0 Å². The van der Waals surface area contributed by atoms with Gasteiger partial charge in [0.05, 0.1) is 18.8 Å². The lowest BCUT2D eigenvalue weighted by molar-refractivity contribution is -0.149. The molecule has 1 saturated carbocycles. The quantitative estimate of drug-likeness (QED) is 0.710. The number of ketones is 1. The predicted octanol–water partition coefficient (Wildman–Crippen LogP) is 3.97. The maximum absolute atomic E-state index is 12.6. The Balaban J connectivity index is 1.48. The second kappa shape index (κ2) is 8.26. The SMILES string of the molecule is O=C(CCCC(=O)N1CCOC2CCCCC21)c1ccc(Br)cc1. The highest BCUT2D eigenvalue weighted by molar-refractivity contribution is 9.10. The number of hydrogen-bond donors (Lipinski definition) is 0. The molecular formula is C19H24BrNO3. The van der Waals surface area contributed by atoms with Gasteiger partial charge in [-0.15, -0.1) is 0 Å². The molecule has 1 saturated heterocycles. The van der Waals surface area contributed by atoms with Crippen molar-refractivity contribution in [1.82, 2.24) is 4.90 Å². The van der Waals surface area contributed by atoms with Crippen LogP contribution in [0.5, 0.6) is 0 Å². The molecule has 2 fully saturated rings. The number of fused-ring (bicyclic) bond motifs is 1. The Hall–Kier alpha value is -1.20. The molecule has 24 heavy (non-hydrogen) atoms. The highest BCUT2D eigenvalue weighted by atomic mass is 79.9. The molecule has 1 aliphatic carbocycles. The molecule has 0 radical (unpaired) electrons. The zero-order valence-electron chi connectivity index (χ0n) is 13.9. The van der Waals surface area contributed by atoms with Crippen molar-refractivity contribution in [1.29, 1.82) is 0 Å². The van der Waals surface area contributed by atoms with E-state index < -0.39 is 0 Å². The fraction of sp³-hybridized carbons (Fsp3) is 0.579. The maximum atomic E-state index is 12.6. The Morgan fingerprint density at radius 3 is 2.67 bits per heavy atom. The predicted molar refractivity (Wildman–Crippen MR) is 96.0 cm³/mol. The molecular weight excluding hydrogens is 370 g/mol. The largest absolute Gasteiger partial charge is 0.374 e. The molecule has 1 amide bonds. The van der Waals surface area contributed by atoms with E-state index in [1.807, 2.05) is 29.2 Å². The summed E-state index contributed by atoms with van der Waals surface area (Å²) in [6, 6.07) is 7.64. The second-order valence-electron chi connectivity index (χ2n) is 6.63. The monoisotopic (exact) mass is 393 g/mol. The summed E-state index contributed by atoms with van der Waals surface area (Å²) in [5.41, 5.74) is 0.712. The molecule has 1 aromatic carbocycles. The summed E-state index contributed by atoms with van der Waals surface area (Å²) in [6.45, 7) is 1.34. The molecule has 4 nitrogen and oxygen atoms in total. The fourth-order valence-electron chi connectivity index (χ4n) is 3.73. The van der Waals surface area contributed by atoms with Crippen LogP contribution < -0.4 is 0 Å². The summed E-state index contributed by atoms with van der Waals surface area (Å²) in [6.07, 6.45) is 6.20. The van der Waals surface area contributed by atoms with Crippen LogP contribution in [0.4, 0.5) is 0 Å². The van der Waals surface area contributed by atoms with E-state index in [0.717, 1.165) is 17.3 Å². The van der Waals surface area contributed by atoms with E-state index >= 15 is 0 Å². The van der Waals surface area contributed by atoms with Crippen molar-refractivity contribution in [2.75, 3.05) is 13.2 Å². The topological polar surface area (TPSA) is 46.6 Å². The minimum Gasteiger partial charge on any atom is -0.374 e. The van der Waals surface area contributed by atoms with E-state index in [1.54, 1.807) is 0 Å². The van der Waals surface area contributed by atoms with Gasteiger partial charge in [0.15, 0.2) is 5.78 Å². The minimum atomic E-state index is 0.104. The molecule has 2 aliphatic rings. The number of carbonyl (C=O) groups is 2. The first-order valence-electron chi connectivity index (χ1n) is 8.85. The highest BCUT2D eigenvalue weighted by Crippen LogP contribution is 2.29. The lowest BCUT2D eigenvalue weighted by atomic mass is 9.90.